The van der Waals surface area contributed by atoms with Crippen LogP contribution < -0.4 is 9.47 Å². The van der Waals surface area contributed by atoms with Crippen LogP contribution in [0.5, 0.6) is 11.5 Å². The topological polar surface area (TPSA) is 71.1 Å². The highest BCUT2D eigenvalue weighted by Crippen LogP contribution is 2.30. The molecule has 0 heterocycles. The van der Waals surface area contributed by atoms with Crippen molar-refractivity contribution in [3.05, 3.63) is 97.9 Å². The zero-order valence-electron chi connectivity index (χ0n) is 17.7. The Morgan fingerprint density at radius 3 is 1.61 bits per heavy atom. The average molecular weight is 448 g/mol. The maximum atomic E-state index is 14.8. The third kappa shape index (κ3) is 6.54. The normalized spacial score (nSPS) is 10.1. The molecule has 0 fully saturated rings. The van der Waals surface area contributed by atoms with Crippen LogP contribution in [0.4, 0.5) is 4.39 Å². The molecule has 0 amide bonds. The van der Waals surface area contributed by atoms with Gasteiger partial charge in [-0.3, -0.25) is 0 Å². The molecule has 0 radical (unpaired) electrons. The van der Waals surface area contributed by atoms with E-state index >= 15 is 0 Å². The molecule has 0 N–H and O–H groups in total. The van der Waals surface area contributed by atoms with Gasteiger partial charge in [0.15, 0.2) is 0 Å². The molecule has 0 saturated heterocycles. The molecular weight excluding hydrogens is 427 g/mol. The van der Waals surface area contributed by atoms with Crippen molar-refractivity contribution in [1.29, 1.82) is 0 Å². The quantitative estimate of drug-likeness (QED) is 0.238. The van der Waals surface area contributed by atoms with E-state index in [0.29, 0.717) is 28.2 Å². The van der Waals surface area contributed by atoms with Crippen LogP contribution in [0.15, 0.2) is 92.0 Å². The Hall–Kier alpha value is -4.39. The zero-order valence-corrected chi connectivity index (χ0v) is 17.7. The summed E-state index contributed by atoms with van der Waals surface area (Å²) in [6, 6.07) is 18.7. The molecule has 7 heteroatoms. The molecule has 168 valence electrons. The van der Waals surface area contributed by atoms with Gasteiger partial charge in [0, 0.05) is 17.7 Å². The maximum absolute atomic E-state index is 14.8. The molecular formula is C26H21FO6. The number of hydrogen-bond donors (Lipinski definition) is 0. The number of benzene rings is 3. The van der Waals surface area contributed by atoms with Crippen molar-refractivity contribution < 1.29 is 32.9 Å². The Labute approximate surface area is 190 Å². The first-order chi connectivity index (χ1) is 16.0. The van der Waals surface area contributed by atoms with Gasteiger partial charge < -0.3 is 18.9 Å². The molecule has 0 unspecified atom stereocenters. The molecule has 0 aliphatic rings. The summed E-state index contributed by atoms with van der Waals surface area (Å²) in [6.07, 6.45) is 2.10. The van der Waals surface area contributed by atoms with E-state index in [1.807, 2.05) is 6.07 Å². The van der Waals surface area contributed by atoms with Gasteiger partial charge in [-0.15, -0.1) is 0 Å². The fourth-order valence-corrected chi connectivity index (χ4v) is 2.83. The van der Waals surface area contributed by atoms with Crippen molar-refractivity contribution in [2.24, 2.45) is 0 Å². The van der Waals surface area contributed by atoms with Crippen LogP contribution in [0.1, 0.15) is 0 Å². The molecule has 3 aromatic rings. The number of carbonyl (C=O) groups is 2. The van der Waals surface area contributed by atoms with Gasteiger partial charge >= 0.3 is 11.9 Å². The summed E-state index contributed by atoms with van der Waals surface area (Å²) in [7, 11) is 0. The fraction of sp³-hybridized carbons (Fsp3) is 0.0769. The molecule has 0 saturated carbocycles. The second-order valence-electron chi connectivity index (χ2n) is 6.60. The summed E-state index contributed by atoms with van der Waals surface area (Å²) in [5.74, 6) is -0.537. The third-order valence-electron chi connectivity index (χ3n) is 4.51. The highest BCUT2D eigenvalue weighted by atomic mass is 19.1. The van der Waals surface area contributed by atoms with Crippen molar-refractivity contribution in [2.75, 3.05) is 13.6 Å². The van der Waals surface area contributed by atoms with E-state index in [1.165, 1.54) is 6.07 Å². The molecule has 3 aromatic carbocycles. The van der Waals surface area contributed by atoms with E-state index in [4.69, 9.17) is 18.9 Å². The van der Waals surface area contributed by atoms with Crippen LogP contribution in [0.25, 0.3) is 22.3 Å². The number of hydrogen-bond acceptors (Lipinski definition) is 6. The summed E-state index contributed by atoms with van der Waals surface area (Å²) >= 11 is 0. The van der Waals surface area contributed by atoms with Gasteiger partial charge in [-0.2, -0.15) is 0 Å². The van der Waals surface area contributed by atoms with Gasteiger partial charge in [-0.05, 0) is 47.0 Å². The van der Waals surface area contributed by atoms with Gasteiger partial charge in [-0.1, -0.05) is 49.6 Å². The largest absolute Gasteiger partial charge is 0.457 e. The second kappa shape index (κ2) is 11.3. The van der Waals surface area contributed by atoms with E-state index in [1.54, 1.807) is 54.6 Å². The van der Waals surface area contributed by atoms with E-state index < -0.39 is 11.9 Å². The van der Waals surface area contributed by atoms with Gasteiger partial charge in [0.25, 0.3) is 0 Å². The average Bonchev–Trinajstić information content (AvgIpc) is 2.84. The third-order valence-corrected chi connectivity index (χ3v) is 4.51. The second-order valence-corrected chi connectivity index (χ2v) is 6.60. The Morgan fingerprint density at radius 1 is 0.697 bits per heavy atom. The van der Waals surface area contributed by atoms with Gasteiger partial charge in [0.2, 0.25) is 13.6 Å². The van der Waals surface area contributed by atoms with Crippen LogP contribution in [-0.4, -0.2) is 25.5 Å². The van der Waals surface area contributed by atoms with E-state index in [0.717, 1.165) is 17.7 Å². The lowest BCUT2D eigenvalue weighted by Crippen LogP contribution is -2.07. The lowest BCUT2D eigenvalue weighted by molar-refractivity contribution is -0.145. The van der Waals surface area contributed by atoms with Crippen LogP contribution in [0.2, 0.25) is 0 Å². The molecule has 0 aromatic heterocycles. The SMILES string of the molecule is C=CC(=O)OCOc1ccc(-c2ccc(-c3ccc(OCOC(=O)C=C)cc3)c(F)c2)cc1. The number of ether oxygens (including phenoxy) is 4. The van der Waals surface area contributed by atoms with Crippen molar-refractivity contribution >= 4 is 11.9 Å². The lowest BCUT2D eigenvalue weighted by atomic mass is 9.99. The molecule has 0 atom stereocenters. The van der Waals surface area contributed by atoms with Crippen molar-refractivity contribution in [3.63, 3.8) is 0 Å². The molecule has 33 heavy (non-hydrogen) atoms. The van der Waals surface area contributed by atoms with E-state index in [9.17, 15) is 14.0 Å². The minimum Gasteiger partial charge on any atom is -0.457 e. The smallest absolute Gasteiger partial charge is 0.333 e. The molecule has 0 spiro atoms. The van der Waals surface area contributed by atoms with Crippen LogP contribution in [0.3, 0.4) is 0 Å². The Balaban J connectivity index is 1.63. The Morgan fingerprint density at radius 2 is 1.15 bits per heavy atom. The summed E-state index contributed by atoms with van der Waals surface area (Å²) < 4.78 is 35.0. The Kier molecular flexibility index (Phi) is 7.96. The highest BCUT2D eigenvalue weighted by molar-refractivity contribution is 5.81. The number of halogens is 1. The molecule has 0 aliphatic carbocycles. The standard InChI is InChI=1S/C26H21FO6/c1-3-25(28)32-16-30-21-10-5-18(6-11-21)20-9-14-23(24(27)15-20)19-7-12-22(13-8-19)31-17-33-26(29)4-2/h3-15H,1-2,16-17H2. The summed E-state index contributed by atoms with van der Waals surface area (Å²) in [5, 5.41) is 0. The van der Waals surface area contributed by atoms with Crippen LogP contribution >= 0.6 is 0 Å². The summed E-state index contributed by atoms with van der Waals surface area (Å²) in [5.41, 5.74) is 2.61. The number of carbonyl (C=O) groups excluding carboxylic acids is 2. The first kappa shape index (κ1) is 23.3. The minimum absolute atomic E-state index is 0.225. The molecule has 6 nitrogen and oxygen atoms in total. The molecule has 0 aliphatic heterocycles. The maximum Gasteiger partial charge on any atom is 0.333 e. The Bertz CT molecular complexity index is 1140. The van der Waals surface area contributed by atoms with E-state index in [2.05, 4.69) is 13.2 Å². The van der Waals surface area contributed by atoms with Crippen LogP contribution in [0, 0.1) is 5.82 Å². The lowest BCUT2D eigenvalue weighted by Gasteiger charge is -2.10. The first-order valence-corrected chi connectivity index (χ1v) is 9.84. The van der Waals surface area contributed by atoms with Gasteiger partial charge in [0.05, 0.1) is 0 Å². The minimum atomic E-state index is -0.579. The van der Waals surface area contributed by atoms with Crippen molar-refractivity contribution in [2.45, 2.75) is 0 Å². The van der Waals surface area contributed by atoms with Crippen LogP contribution in [-0.2, 0) is 19.1 Å². The predicted molar refractivity (Wildman–Crippen MR) is 121 cm³/mol. The molecule has 0 bridgehead atoms. The summed E-state index contributed by atoms with van der Waals surface area (Å²) in [4.78, 5) is 22.0. The number of esters is 2. The summed E-state index contributed by atoms with van der Waals surface area (Å²) in [6.45, 7) is 6.14. The number of rotatable bonds is 10. The monoisotopic (exact) mass is 448 g/mol. The fourth-order valence-electron chi connectivity index (χ4n) is 2.83. The van der Waals surface area contributed by atoms with E-state index in [-0.39, 0.29) is 19.4 Å². The van der Waals surface area contributed by atoms with Crippen molar-refractivity contribution in [3.8, 4) is 33.8 Å². The van der Waals surface area contributed by atoms with Gasteiger partial charge in [-0.25, -0.2) is 14.0 Å². The van der Waals surface area contributed by atoms with Gasteiger partial charge in [0.1, 0.15) is 17.3 Å². The van der Waals surface area contributed by atoms with Crippen molar-refractivity contribution in [1.82, 2.24) is 0 Å². The predicted octanol–water partition coefficient (Wildman–Crippen LogP) is 5.29. The first-order valence-electron chi connectivity index (χ1n) is 9.84. The molecule has 3 rings (SSSR count). The highest BCUT2D eigenvalue weighted by Gasteiger charge is 2.09. The zero-order chi connectivity index (χ0) is 23.6.